The number of halogens is 3. The minimum Gasteiger partial charge on any atom is -0.461 e. The second kappa shape index (κ2) is 10.9. The first-order valence-electron chi connectivity index (χ1n) is 15.6. The van der Waals surface area contributed by atoms with Crippen LogP contribution in [0.15, 0.2) is 36.5 Å². The molecule has 2 aromatic carbocycles. The van der Waals surface area contributed by atoms with Crippen molar-refractivity contribution >= 4 is 33.6 Å². The topological polar surface area (TPSA) is 102 Å². The van der Waals surface area contributed by atoms with Gasteiger partial charge in [-0.25, -0.2) is 18.0 Å². The summed E-state index contributed by atoms with van der Waals surface area (Å²) in [6.07, 6.45) is 1.82. The lowest BCUT2D eigenvalue weighted by Gasteiger charge is -2.40. The van der Waals surface area contributed by atoms with Crippen LogP contribution < -0.4 is 15.0 Å². The number of hydrogen-bond donors (Lipinski definition) is 1. The lowest BCUT2D eigenvalue weighted by molar-refractivity contribution is -0.0266. The highest BCUT2D eigenvalue weighted by Crippen LogP contribution is 2.41. The molecule has 46 heavy (non-hydrogen) atoms. The fourth-order valence-corrected chi connectivity index (χ4v) is 7.69. The number of nitrogens with one attached hydrogen (secondary N) is 1. The Balaban J connectivity index is 1.31. The second-order valence-electron chi connectivity index (χ2n) is 13.0. The first kappa shape index (κ1) is 29.2. The van der Waals surface area contributed by atoms with Crippen LogP contribution in [-0.4, -0.2) is 89.4 Å². The molecule has 240 valence electrons. The summed E-state index contributed by atoms with van der Waals surface area (Å²) in [5.41, 5.74) is -0.895. The van der Waals surface area contributed by atoms with Gasteiger partial charge < -0.3 is 19.1 Å². The Kier molecular flexibility index (Phi) is 6.94. The third-order valence-corrected chi connectivity index (χ3v) is 9.75. The minimum atomic E-state index is -1.04. The molecule has 3 saturated heterocycles. The molecule has 3 atom stereocenters. The molecule has 13 heteroatoms. The molecule has 4 aromatic rings. The van der Waals surface area contributed by atoms with E-state index in [1.165, 1.54) is 12.3 Å². The summed E-state index contributed by atoms with van der Waals surface area (Å²) in [6.45, 7) is 3.78. The van der Waals surface area contributed by atoms with E-state index in [9.17, 15) is 9.18 Å². The molecule has 0 saturated carbocycles. The van der Waals surface area contributed by atoms with E-state index in [1.54, 1.807) is 31.2 Å². The van der Waals surface area contributed by atoms with E-state index in [2.05, 4.69) is 20.2 Å². The number of aromatic nitrogens is 3. The molecule has 6 bridgehead atoms. The minimum absolute atomic E-state index is 0.00814. The number of ether oxygens (including phenoxy) is 3. The highest BCUT2D eigenvalue weighted by atomic mass is 19.1. The number of alkyl halides is 1. The number of hydrogen-bond acceptors (Lipinski definition) is 10. The van der Waals surface area contributed by atoms with E-state index in [1.807, 2.05) is 4.90 Å². The van der Waals surface area contributed by atoms with Gasteiger partial charge in [0.2, 0.25) is 0 Å². The van der Waals surface area contributed by atoms with Crippen molar-refractivity contribution in [1.82, 2.24) is 25.2 Å². The first-order chi connectivity index (χ1) is 22.2. The molecule has 0 radical (unpaired) electrons. The summed E-state index contributed by atoms with van der Waals surface area (Å²) >= 11 is 0. The van der Waals surface area contributed by atoms with Crippen molar-refractivity contribution in [2.45, 2.75) is 49.9 Å². The maximum absolute atomic E-state index is 16.8. The fourth-order valence-electron chi connectivity index (χ4n) is 7.69. The Morgan fingerprint density at radius 1 is 1.20 bits per heavy atom. The van der Waals surface area contributed by atoms with Crippen LogP contribution in [-0.2, 0) is 15.9 Å². The van der Waals surface area contributed by atoms with Gasteiger partial charge in [-0.15, -0.1) is 0 Å². The van der Waals surface area contributed by atoms with E-state index in [-0.39, 0.29) is 49.0 Å². The van der Waals surface area contributed by atoms with E-state index >= 15 is 8.78 Å². The second-order valence-corrected chi connectivity index (χ2v) is 13.0. The number of carbonyl (C=O) groups is 1. The largest absolute Gasteiger partial charge is 0.508 e. The van der Waals surface area contributed by atoms with Crippen LogP contribution in [0.1, 0.15) is 31.7 Å². The lowest BCUT2D eigenvalue weighted by atomic mass is 9.94. The maximum Gasteiger partial charge on any atom is 0.508 e. The summed E-state index contributed by atoms with van der Waals surface area (Å²) in [5.74, 6) is -0.886. The quantitative estimate of drug-likeness (QED) is 0.313. The first-order valence-corrected chi connectivity index (χ1v) is 15.6. The number of rotatable bonds is 3. The lowest BCUT2D eigenvalue weighted by Crippen LogP contribution is -2.59. The van der Waals surface area contributed by atoms with Crippen molar-refractivity contribution in [3.8, 4) is 17.3 Å². The molecule has 9 rings (SSSR count). The zero-order valence-electron chi connectivity index (χ0n) is 25.3. The zero-order valence-corrected chi connectivity index (χ0v) is 25.3. The smallest absolute Gasteiger partial charge is 0.461 e. The van der Waals surface area contributed by atoms with Gasteiger partial charge in [0.05, 0.1) is 30.7 Å². The van der Waals surface area contributed by atoms with E-state index in [0.717, 1.165) is 19.4 Å². The summed E-state index contributed by atoms with van der Waals surface area (Å²) in [5, 5.41) is 4.70. The highest BCUT2D eigenvalue weighted by molar-refractivity contribution is 6.01. The van der Waals surface area contributed by atoms with E-state index in [0.29, 0.717) is 53.7 Å². The fraction of sp³-hybridized carbons (Fsp3) is 0.455. The van der Waals surface area contributed by atoms with Gasteiger partial charge in [0.15, 0.2) is 5.82 Å². The molecule has 0 spiro atoms. The van der Waals surface area contributed by atoms with Crippen molar-refractivity contribution < 1.29 is 32.2 Å². The monoisotopic (exact) mass is 634 g/mol. The Bertz CT molecular complexity index is 1880. The predicted molar refractivity (Wildman–Crippen MR) is 163 cm³/mol. The Morgan fingerprint density at radius 2 is 2.09 bits per heavy atom. The van der Waals surface area contributed by atoms with Crippen molar-refractivity contribution in [2.75, 3.05) is 51.0 Å². The molecule has 0 aliphatic carbocycles. The molecule has 7 heterocycles. The molecule has 0 amide bonds. The number of pyridine rings is 1. The van der Waals surface area contributed by atoms with Crippen LogP contribution in [0.5, 0.6) is 6.01 Å². The molecule has 3 fully saturated rings. The van der Waals surface area contributed by atoms with Crippen molar-refractivity contribution in [3.05, 3.63) is 53.7 Å². The Labute approximate surface area is 262 Å². The van der Waals surface area contributed by atoms with Gasteiger partial charge in [-0.05, 0) is 48.7 Å². The molecule has 2 aromatic heterocycles. The highest BCUT2D eigenvalue weighted by Gasteiger charge is 2.49. The Morgan fingerprint density at radius 3 is 2.98 bits per heavy atom. The summed E-state index contributed by atoms with van der Waals surface area (Å²) < 4.78 is 64.0. The molecule has 5 aliphatic rings. The normalized spacial score (nSPS) is 26.5. The third kappa shape index (κ3) is 4.87. The molecular weight excluding hydrogens is 601 g/mol. The third-order valence-electron chi connectivity index (χ3n) is 9.75. The van der Waals surface area contributed by atoms with Crippen LogP contribution in [0.25, 0.3) is 32.9 Å². The average Bonchev–Trinajstić information content (AvgIpc) is 3.56. The van der Waals surface area contributed by atoms with Gasteiger partial charge in [-0.2, -0.15) is 9.97 Å². The van der Waals surface area contributed by atoms with Crippen molar-refractivity contribution in [3.63, 3.8) is 0 Å². The number of nitrogens with zero attached hydrogens (tertiary/aromatic N) is 5. The summed E-state index contributed by atoms with van der Waals surface area (Å²) in [4.78, 5) is 30.6. The van der Waals surface area contributed by atoms with Crippen LogP contribution in [0, 0.1) is 11.6 Å². The van der Waals surface area contributed by atoms with Crippen LogP contribution in [0.4, 0.5) is 23.8 Å². The SMILES string of the molecule is C[C@@]12CNCN(C1)c1nc(OCC34CCCN3C[C@H](F)C4)nc3c(F)c(ncc13)-c1cccc3ccc(F)c(c13)CCOC(=O)O2. The van der Waals surface area contributed by atoms with Gasteiger partial charge in [0.1, 0.15) is 41.2 Å². The Hall–Kier alpha value is -4.23. The predicted octanol–water partition coefficient (Wildman–Crippen LogP) is 4.91. The van der Waals surface area contributed by atoms with Crippen LogP contribution in [0.2, 0.25) is 0 Å². The maximum atomic E-state index is 16.8. The summed E-state index contributed by atoms with van der Waals surface area (Å²) in [7, 11) is 0. The van der Waals surface area contributed by atoms with Gasteiger partial charge >= 0.3 is 12.2 Å². The average molecular weight is 635 g/mol. The van der Waals surface area contributed by atoms with Gasteiger partial charge in [0.25, 0.3) is 0 Å². The molecule has 1 N–H and O–H groups in total. The molecule has 5 aliphatic heterocycles. The van der Waals surface area contributed by atoms with Gasteiger partial charge in [-0.1, -0.05) is 24.3 Å². The van der Waals surface area contributed by atoms with Crippen LogP contribution in [0.3, 0.4) is 0 Å². The summed E-state index contributed by atoms with van der Waals surface area (Å²) in [6, 6.07) is 8.15. The van der Waals surface area contributed by atoms with Crippen molar-refractivity contribution in [1.29, 1.82) is 0 Å². The van der Waals surface area contributed by atoms with Crippen molar-refractivity contribution in [2.24, 2.45) is 0 Å². The number of benzene rings is 2. The zero-order chi connectivity index (χ0) is 31.6. The number of anilines is 1. The van der Waals surface area contributed by atoms with Gasteiger partial charge in [0, 0.05) is 37.7 Å². The molecular formula is C33H33F3N6O4. The molecule has 10 nitrogen and oxygen atoms in total. The van der Waals surface area contributed by atoms with Crippen LogP contribution >= 0.6 is 0 Å². The molecule has 1 unspecified atom stereocenters. The van der Waals surface area contributed by atoms with E-state index < -0.39 is 35.1 Å². The van der Waals surface area contributed by atoms with E-state index in [4.69, 9.17) is 19.2 Å². The van der Waals surface area contributed by atoms with Gasteiger partial charge in [-0.3, -0.25) is 15.2 Å². The number of fused-ring (bicyclic) bond motifs is 6. The standard InChI is InChI=1S/C33H33F3N6O4/c1-32-15-37-18-41(16-32)29-23-13-38-27(22-5-2-4-19-6-7-24(35)21(25(19)22)8-11-44-31(43)46-32)26(36)28(23)39-30(40-29)45-17-33-9-3-10-42(33)14-20(34)12-33/h2,4-7,13,20,37H,3,8-12,14-18H2,1H3/t20-,32-,33?/m1/s1. The number of carbonyl (C=O) groups excluding carboxylic acids is 1.